The molecule has 5 heteroatoms. The van der Waals surface area contributed by atoms with E-state index in [0.29, 0.717) is 13.0 Å². The molecule has 1 aliphatic rings. The van der Waals surface area contributed by atoms with Gasteiger partial charge in [-0.05, 0) is 33.3 Å². The third-order valence-corrected chi connectivity index (χ3v) is 5.51. The van der Waals surface area contributed by atoms with Crippen LogP contribution in [0.15, 0.2) is 30.3 Å². The zero-order chi connectivity index (χ0) is 19.2. The van der Waals surface area contributed by atoms with E-state index in [-0.39, 0.29) is 30.1 Å². The minimum Gasteiger partial charge on any atom is -0.461 e. The average Bonchev–Trinajstić information content (AvgIpc) is 2.81. The minimum absolute atomic E-state index is 0.0193. The maximum atomic E-state index is 12.4. The van der Waals surface area contributed by atoms with E-state index in [4.69, 9.17) is 14.0 Å². The summed E-state index contributed by atoms with van der Waals surface area (Å²) in [5.41, 5.74) is 0.238. The topological polar surface area (TPSA) is 44.8 Å². The normalized spacial score (nSPS) is 19.3. The second-order valence-corrected chi connectivity index (χ2v) is 8.23. The first-order chi connectivity index (χ1) is 12.2. The Morgan fingerprint density at radius 1 is 1.08 bits per heavy atom. The third kappa shape index (κ3) is 5.58. The smallest absolute Gasteiger partial charge is 0.461 e. The monoisotopic (exact) mass is 360 g/mol. The van der Waals surface area contributed by atoms with Crippen molar-refractivity contribution in [1.29, 1.82) is 0 Å². The van der Waals surface area contributed by atoms with E-state index in [1.54, 1.807) is 0 Å². The minimum atomic E-state index is -0.380. The van der Waals surface area contributed by atoms with Crippen LogP contribution in [0, 0.1) is 0 Å². The van der Waals surface area contributed by atoms with Gasteiger partial charge in [-0.2, -0.15) is 0 Å². The van der Waals surface area contributed by atoms with Crippen LogP contribution in [0.4, 0.5) is 0 Å². The number of benzene rings is 1. The molecule has 0 radical (unpaired) electrons. The van der Waals surface area contributed by atoms with Gasteiger partial charge >= 0.3 is 13.1 Å². The van der Waals surface area contributed by atoms with Gasteiger partial charge in [0.25, 0.3) is 0 Å². The van der Waals surface area contributed by atoms with Crippen molar-refractivity contribution in [2.45, 2.75) is 90.3 Å². The number of rotatable bonds is 9. The highest BCUT2D eigenvalue weighted by Gasteiger charge is 2.53. The Kier molecular flexibility index (Phi) is 7.30. The Morgan fingerprint density at radius 2 is 1.69 bits per heavy atom. The molecule has 26 heavy (non-hydrogen) atoms. The van der Waals surface area contributed by atoms with Gasteiger partial charge in [0.2, 0.25) is 0 Å². The second kappa shape index (κ2) is 9.05. The molecule has 0 spiro atoms. The fourth-order valence-electron chi connectivity index (χ4n) is 3.08. The van der Waals surface area contributed by atoms with Crippen molar-refractivity contribution in [3.63, 3.8) is 0 Å². The van der Waals surface area contributed by atoms with Crippen LogP contribution < -0.4 is 0 Å². The number of ether oxygens (including phenoxy) is 1. The maximum absolute atomic E-state index is 12.4. The zero-order valence-electron chi connectivity index (χ0n) is 16.9. The van der Waals surface area contributed by atoms with Crippen LogP contribution in [-0.4, -0.2) is 24.3 Å². The molecule has 0 aliphatic carbocycles. The number of carbonyl (C=O) groups is 1. The molecule has 0 saturated carbocycles. The van der Waals surface area contributed by atoms with Crippen LogP contribution in [0.25, 0.3) is 0 Å². The van der Waals surface area contributed by atoms with Crippen molar-refractivity contribution in [2.75, 3.05) is 0 Å². The number of carbonyl (C=O) groups excluding carboxylic acids is 1. The van der Waals surface area contributed by atoms with Crippen LogP contribution in [0.2, 0.25) is 5.82 Å². The van der Waals surface area contributed by atoms with Gasteiger partial charge in [-0.1, -0.05) is 62.9 Å². The Morgan fingerprint density at radius 3 is 2.27 bits per heavy atom. The highest BCUT2D eigenvalue weighted by Crippen LogP contribution is 2.42. The molecule has 1 aliphatic heterocycles. The molecule has 1 aromatic rings. The fourth-order valence-corrected chi connectivity index (χ4v) is 3.08. The molecule has 0 aromatic heterocycles. The molecule has 2 rings (SSSR count). The Labute approximate surface area is 158 Å². The Hall–Kier alpha value is -1.33. The van der Waals surface area contributed by atoms with E-state index in [1.165, 1.54) is 0 Å². The summed E-state index contributed by atoms with van der Waals surface area (Å²) in [6.07, 6.45) is 4.60. The molecule has 1 fully saturated rings. The number of hydrogen-bond donors (Lipinski definition) is 0. The van der Waals surface area contributed by atoms with Crippen molar-refractivity contribution < 1.29 is 18.8 Å². The maximum Gasteiger partial charge on any atom is 0.461 e. The van der Waals surface area contributed by atoms with Gasteiger partial charge in [0.1, 0.15) is 6.61 Å². The molecule has 1 atom stereocenters. The molecule has 4 nitrogen and oxygen atoms in total. The van der Waals surface area contributed by atoms with E-state index >= 15 is 0 Å². The summed E-state index contributed by atoms with van der Waals surface area (Å²) in [6, 6.07) is 9.76. The molecule has 1 aromatic carbocycles. The first-order valence-electron chi connectivity index (χ1n) is 9.80. The standard InChI is InChI=1S/C21H33BO4/c1-6-7-9-14-18(22-25-20(2,3)21(4,5)26-22)15-19(23)24-16-17-12-10-8-11-13-17/h8,10-13,18H,6-7,9,14-16H2,1-5H3/t18-/m1/s1. The van der Waals surface area contributed by atoms with E-state index < -0.39 is 0 Å². The van der Waals surface area contributed by atoms with E-state index in [1.807, 2.05) is 58.0 Å². The molecule has 1 heterocycles. The van der Waals surface area contributed by atoms with Crippen LogP contribution in [-0.2, 0) is 25.4 Å². The number of hydrogen-bond acceptors (Lipinski definition) is 4. The summed E-state index contributed by atoms with van der Waals surface area (Å²) in [4.78, 5) is 12.4. The number of unbranched alkanes of at least 4 members (excludes halogenated alkanes) is 2. The lowest BCUT2D eigenvalue weighted by Crippen LogP contribution is -2.41. The summed E-state index contributed by atoms with van der Waals surface area (Å²) in [7, 11) is -0.360. The van der Waals surface area contributed by atoms with Gasteiger partial charge in [0.15, 0.2) is 0 Å². The SMILES string of the molecule is CCCCC[C@H](CC(=O)OCc1ccccc1)B1OC(C)(C)C(C)(C)O1. The van der Waals surface area contributed by atoms with E-state index in [0.717, 1.165) is 31.2 Å². The molecule has 0 unspecified atom stereocenters. The zero-order valence-corrected chi connectivity index (χ0v) is 16.9. The molecular formula is C21H33BO4. The lowest BCUT2D eigenvalue weighted by atomic mass is 9.67. The lowest BCUT2D eigenvalue weighted by Gasteiger charge is -2.32. The van der Waals surface area contributed by atoms with Crippen LogP contribution in [0.3, 0.4) is 0 Å². The van der Waals surface area contributed by atoms with Crippen LogP contribution in [0.5, 0.6) is 0 Å². The summed E-state index contributed by atoms with van der Waals surface area (Å²) in [5.74, 6) is -0.170. The largest absolute Gasteiger partial charge is 0.461 e. The van der Waals surface area contributed by atoms with Crippen molar-refractivity contribution in [3.8, 4) is 0 Å². The Bertz CT molecular complexity index is 555. The quantitative estimate of drug-likeness (QED) is 0.347. The highest BCUT2D eigenvalue weighted by atomic mass is 16.7. The van der Waals surface area contributed by atoms with Gasteiger partial charge < -0.3 is 14.0 Å². The lowest BCUT2D eigenvalue weighted by molar-refractivity contribution is -0.145. The molecule has 144 valence electrons. The van der Waals surface area contributed by atoms with Crippen LogP contribution in [0.1, 0.15) is 72.3 Å². The van der Waals surface area contributed by atoms with Crippen molar-refractivity contribution >= 4 is 13.1 Å². The second-order valence-electron chi connectivity index (χ2n) is 8.23. The molecular weight excluding hydrogens is 327 g/mol. The number of esters is 1. The highest BCUT2D eigenvalue weighted by molar-refractivity contribution is 6.47. The summed E-state index contributed by atoms with van der Waals surface area (Å²) in [5, 5.41) is 0. The molecule has 1 saturated heterocycles. The average molecular weight is 360 g/mol. The molecule has 0 N–H and O–H groups in total. The van der Waals surface area contributed by atoms with Crippen molar-refractivity contribution in [3.05, 3.63) is 35.9 Å². The third-order valence-electron chi connectivity index (χ3n) is 5.51. The van der Waals surface area contributed by atoms with Gasteiger partial charge in [0, 0.05) is 12.2 Å². The summed E-state index contributed by atoms with van der Waals surface area (Å²) >= 11 is 0. The van der Waals surface area contributed by atoms with Crippen molar-refractivity contribution in [2.24, 2.45) is 0 Å². The summed E-state index contributed by atoms with van der Waals surface area (Å²) in [6.45, 7) is 10.7. The predicted molar refractivity (Wildman–Crippen MR) is 105 cm³/mol. The fraction of sp³-hybridized carbons (Fsp3) is 0.667. The van der Waals surface area contributed by atoms with E-state index in [2.05, 4.69) is 6.92 Å². The van der Waals surface area contributed by atoms with Crippen LogP contribution >= 0.6 is 0 Å². The molecule has 0 amide bonds. The van der Waals surface area contributed by atoms with Gasteiger partial charge in [-0.25, -0.2) is 0 Å². The van der Waals surface area contributed by atoms with E-state index in [9.17, 15) is 4.79 Å². The van der Waals surface area contributed by atoms with Gasteiger partial charge in [-0.15, -0.1) is 0 Å². The summed E-state index contributed by atoms with van der Waals surface area (Å²) < 4.78 is 17.9. The van der Waals surface area contributed by atoms with Gasteiger partial charge in [0.05, 0.1) is 11.2 Å². The first kappa shape index (κ1) is 21.0. The van der Waals surface area contributed by atoms with Gasteiger partial charge in [-0.3, -0.25) is 4.79 Å². The van der Waals surface area contributed by atoms with Crippen molar-refractivity contribution in [1.82, 2.24) is 0 Å². The molecule has 0 bridgehead atoms. The predicted octanol–water partition coefficient (Wildman–Crippen LogP) is 5.16. The Balaban J connectivity index is 1.95. The first-order valence-corrected chi connectivity index (χ1v) is 9.80.